The molecule has 94 valence electrons. The van der Waals surface area contributed by atoms with Crippen molar-refractivity contribution < 1.29 is 4.79 Å². The van der Waals surface area contributed by atoms with Gasteiger partial charge in [-0.15, -0.1) is 11.3 Å². The zero-order valence-electron chi connectivity index (χ0n) is 9.98. The number of hydrogen-bond acceptors (Lipinski definition) is 3. The van der Waals surface area contributed by atoms with E-state index in [0.717, 1.165) is 24.1 Å². The van der Waals surface area contributed by atoms with E-state index in [2.05, 4.69) is 15.5 Å². The maximum atomic E-state index is 11.9. The van der Waals surface area contributed by atoms with Crippen LogP contribution in [0.15, 0.2) is 23.7 Å². The molecule has 3 rings (SSSR count). The lowest BCUT2D eigenvalue weighted by Crippen LogP contribution is -2.39. The number of hydrogen-bond donors (Lipinski definition) is 2. The van der Waals surface area contributed by atoms with Crippen LogP contribution in [-0.2, 0) is 24.1 Å². The van der Waals surface area contributed by atoms with Crippen LogP contribution in [-0.4, -0.2) is 22.1 Å². The van der Waals surface area contributed by atoms with E-state index >= 15 is 0 Å². The summed E-state index contributed by atoms with van der Waals surface area (Å²) in [6.07, 6.45) is 5.24. The Morgan fingerprint density at radius 1 is 1.61 bits per heavy atom. The number of H-pyrrole nitrogens is 1. The lowest BCUT2D eigenvalue weighted by atomic mass is 9.93. The molecule has 0 saturated heterocycles. The number of carbonyl (C=O) groups is 1. The molecule has 1 amide bonds. The summed E-state index contributed by atoms with van der Waals surface area (Å²) >= 11 is 1.63. The van der Waals surface area contributed by atoms with Crippen molar-refractivity contribution in [2.45, 2.75) is 31.7 Å². The van der Waals surface area contributed by atoms with Crippen molar-refractivity contribution in [2.75, 3.05) is 0 Å². The highest BCUT2D eigenvalue weighted by Crippen LogP contribution is 2.19. The van der Waals surface area contributed by atoms with Gasteiger partial charge in [-0.2, -0.15) is 5.10 Å². The molecule has 2 heterocycles. The summed E-state index contributed by atoms with van der Waals surface area (Å²) in [7, 11) is 0. The monoisotopic (exact) mass is 261 g/mol. The molecule has 2 aromatic heterocycles. The molecule has 1 atom stereocenters. The molecule has 0 fully saturated rings. The van der Waals surface area contributed by atoms with Gasteiger partial charge < -0.3 is 5.32 Å². The van der Waals surface area contributed by atoms with E-state index in [4.69, 9.17) is 0 Å². The lowest BCUT2D eigenvalue weighted by Gasteiger charge is -2.22. The molecular formula is C13H15N3OS. The molecule has 18 heavy (non-hydrogen) atoms. The molecule has 2 aromatic rings. The summed E-state index contributed by atoms with van der Waals surface area (Å²) in [6.45, 7) is 0. The second-order valence-corrected chi connectivity index (χ2v) is 5.67. The van der Waals surface area contributed by atoms with Gasteiger partial charge in [-0.3, -0.25) is 9.89 Å². The van der Waals surface area contributed by atoms with Gasteiger partial charge in [0.25, 0.3) is 0 Å². The maximum absolute atomic E-state index is 11.9. The fourth-order valence-corrected chi connectivity index (χ4v) is 3.09. The van der Waals surface area contributed by atoms with Crippen LogP contribution >= 0.6 is 11.3 Å². The summed E-state index contributed by atoms with van der Waals surface area (Å²) in [5, 5.41) is 12.2. The van der Waals surface area contributed by atoms with Gasteiger partial charge in [-0.05, 0) is 29.9 Å². The molecule has 0 radical (unpaired) electrons. The number of thiophene rings is 1. The zero-order chi connectivity index (χ0) is 12.4. The van der Waals surface area contributed by atoms with E-state index in [0.29, 0.717) is 6.42 Å². The van der Waals surface area contributed by atoms with Gasteiger partial charge >= 0.3 is 0 Å². The van der Waals surface area contributed by atoms with Gasteiger partial charge in [0.05, 0.1) is 12.6 Å². The average Bonchev–Trinajstić information content (AvgIpc) is 2.98. The molecule has 0 saturated carbocycles. The van der Waals surface area contributed by atoms with Crippen LogP contribution in [0, 0.1) is 0 Å². The first-order valence-corrected chi connectivity index (χ1v) is 7.02. The number of rotatable bonds is 3. The number of aromatic nitrogens is 2. The van der Waals surface area contributed by atoms with Gasteiger partial charge in [0.1, 0.15) is 0 Å². The maximum Gasteiger partial charge on any atom is 0.225 e. The third-order valence-corrected chi connectivity index (χ3v) is 4.18. The van der Waals surface area contributed by atoms with E-state index in [1.165, 1.54) is 11.3 Å². The topological polar surface area (TPSA) is 57.8 Å². The SMILES string of the molecule is O=C(Cc1cccs1)N[C@@H]1CCc2cn[nH]c2C1. The molecule has 0 unspecified atom stereocenters. The van der Waals surface area contributed by atoms with Gasteiger partial charge in [0.2, 0.25) is 5.91 Å². The van der Waals surface area contributed by atoms with Crippen LogP contribution in [0.5, 0.6) is 0 Å². The van der Waals surface area contributed by atoms with Crippen molar-refractivity contribution >= 4 is 17.2 Å². The Morgan fingerprint density at radius 2 is 2.56 bits per heavy atom. The molecule has 0 aliphatic heterocycles. The molecule has 1 aliphatic rings. The molecule has 0 spiro atoms. The molecular weight excluding hydrogens is 246 g/mol. The predicted octanol–water partition coefficient (Wildman–Crippen LogP) is 1.69. The summed E-state index contributed by atoms with van der Waals surface area (Å²) in [5.41, 5.74) is 2.46. The highest BCUT2D eigenvalue weighted by atomic mass is 32.1. The normalized spacial score (nSPS) is 18.3. The first-order chi connectivity index (χ1) is 8.81. The number of fused-ring (bicyclic) bond motifs is 1. The number of carbonyl (C=O) groups excluding carboxylic acids is 1. The number of amides is 1. The molecule has 1 aliphatic carbocycles. The van der Waals surface area contributed by atoms with Crippen LogP contribution in [0.4, 0.5) is 0 Å². The van der Waals surface area contributed by atoms with E-state index in [1.54, 1.807) is 11.3 Å². The van der Waals surface area contributed by atoms with Crippen molar-refractivity contribution in [2.24, 2.45) is 0 Å². The van der Waals surface area contributed by atoms with E-state index in [1.807, 2.05) is 23.7 Å². The number of nitrogens with one attached hydrogen (secondary N) is 2. The second kappa shape index (κ2) is 4.94. The minimum atomic E-state index is 0.116. The number of aromatic amines is 1. The van der Waals surface area contributed by atoms with E-state index in [-0.39, 0.29) is 11.9 Å². The molecule has 0 bridgehead atoms. The third kappa shape index (κ3) is 2.46. The number of nitrogens with zero attached hydrogens (tertiary/aromatic N) is 1. The van der Waals surface area contributed by atoms with Crippen molar-refractivity contribution in [1.29, 1.82) is 0 Å². The predicted molar refractivity (Wildman–Crippen MR) is 70.6 cm³/mol. The summed E-state index contributed by atoms with van der Waals surface area (Å²) < 4.78 is 0. The van der Waals surface area contributed by atoms with Crippen LogP contribution in [0.25, 0.3) is 0 Å². The van der Waals surface area contributed by atoms with Gasteiger partial charge in [-0.25, -0.2) is 0 Å². The van der Waals surface area contributed by atoms with Gasteiger partial charge in [0, 0.05) is 23.0 Å². The molecule has 5 heteroatoms. The third-order valence-electron chi connectivity index (χ3n) is 3.30. The highest BCUT2D eigenvalue weighted by Gasteiger charge is 2.21. The minimum Gasteiger partial charge on any atom is -0.353 e. The minimum absolute atomic E-state index is 0.116. The molecule has 2 N–H and O–H groups in total. The largest absolute Gasteiger partial charge is 0.353 e. The first-order valence-electron chi connectivity index (χ1n) is 6.14. The van der Waals surface area contributed by atoms with Crippen LogP contribution < -0.4 is 5.32 Å². The quantitative estimate of drug-likeness (QED) is 0.883. The average molecular weight is 261 g/mol. The second-order valence-electron chi connectivity index (χ2n) is 4.64. The first kappa shape index (κ1) is 11.5. The van der Waals surface area contributed by atoms with Crippen molar-refractivity contribution in [3.05, 3.63) is 39.8 Å². The number of aryl methyl sites for hydroxylation is 1. The Bertz CT molecular complexity index is 532. The van der Waals surface area contributed by atoms with E-state index in [9.17, 15) is 4.79 Å². The summed E-state index contributed by atoms with van der Waals surface area (Å²) in [5.74, 6) is 0.116. The standard InChI is InChI=1S/C13H15N3OS/c17-13(7-11-2-1-5-18-11)15-10-4-3-9-8-14-16-12(9)6-10/h1-2,5,8,10H,3-4,6-7H2,(H,14,16)(H,15,17)/t10-/m1/s1. The fraction of sp³-hybridized carbons (Fsp3) is 0.385. The van der Waals surface area contributed by atoms with Gasteiger partial charge in [0.15, 0.2) is 0 Å². The molecule has 0 aromatic carbocycles. The van der Waals surface area contributed by atoms with Crippen LogP contribution in [0.1, 0.15) is 22.6 Å². The lowest BCUT2D eigenvalue weighted by molar-refractivity contribution is -0.121. The Labute approximate surface area is 109 Å². The van der Waals surface area contributed by atoms with Crippen molar-refractivity contribution in [3.63, 3.8) is 0 Å². The smallest absolute Gasteiger partial charge is 0.225 e. The fourth-order valence-electron chi connectivity index (χ4n) is 2.38. The zero-order valence-corrected chi connectivity index (χ0v) is 10.8. The van der Waals surface area contributed by atoms with Crippen molar-refractivity contribution in [3.8, 4) is 0 Å². The highest BCUT2D eigenvalue weighted by molar-refractivity contribution is 7.10. The Kier molecular flexibility index (Phi) is 3.15. The van der Waals surface area contributed by atoms with Crippen molar-refractivity contribution in [1.82, 2.24) is 15.5 Å². The Balaban J connectivity index is 1.56. The van der Waals surface area contributed by atoms with E-state index < -0.39 is 0 Å². The summed E-state index contributed by atoms with van der Waals surface area (Å²) in [6, 6.07) is 4.22. The Morgan fingerprint density at radius 3 is 3.39 bits per heavy atom. The molecule has 4 nitrogen and oxygen atoms in total. The Hall–Kier alpha value is -1.62. The van der Waals surface area contributed by atoms with Crippen LogP contribution in [0.3, 0.4) is 0 Å². The summed E-state index contributed by atoms with van der Waals surface area (Å²) in [4.78, 5) is 13.0. The van der Waals surface area contributed by atoms with Crippen LogP contribution in [0.2, 0.25) is 0 Å². The van der Waals surface area contributed by atoms with Gasteiger partial charge in [-0.1, -0.05) is 6.07 Å².